The van der Waals surface area contributed by atoms with Crippen LogP contribution in [0.15, 0.2) is 94.0 Å². The van der Waals surface area contributed by atoms with Crippen LogP contribution in [0, 0.1) is 4.91 Å². The number of fused-ring (bicyclic) bond motifs is 1. The maximum Gasteiger partial charge on any atom is 0.348 e. The number of aryl methyl sites for hydroxylation is 1. The summed E-state index contributed by atoms with van der Waals surface area (Å²) in [6, 6.07) is 5.62. The summed E-state index contributed by atoms with van der Waals surface area (Å²) in [6.07, 6.45) is 15.8. The summed E-state index contributed by atoms with van der Waals surface area (Å²) in [6.45, 7) is 15.9. The lowest BCUT2D eigenvalue weighted by atomic mass is 9.78. The fraction of sp³-hybridized carbons (Fsp3) is 0.333. The number of nitrogens with zero attached hydrogens (tertiary/aromatic N) is 3. The van der Waals surface area contributed by atoms with Crippen LogP contribution >= 0.6 is 0 Å². The second-order valence-electron chi connectivity index (χ2n) is 9.56. The lowest BCUT2D eigenvalue weighted by molar-refractivity contribution is 0.650. The van der Waals surface area contributed by atoms with Gasteiger partial charge in [-0.2, -0.15) is 9.59 Å². The second-order valence-corrected chi connectivity index (χ2v) is 9.56. The Balaban J connectivity index is 2.19. The van der Waals surface area contributed by atoms with Gasteiger partial charge in [0, 0.05) is 0 Å². The smallest absolute Gasteiger partial charge is 0.291 e. The standard InChI is InChI=1S/C30H36N4O2/c1-8-10-21(4)17-24-13-14-26-18-25(23(6)33-36)15-16-27(26)30(7,19-24)28-31-29(35)34(32-28)22(5)12-11-20(3)9-2/h8-12,15-19,23H,5,13-14H2,1-4,6-7H3,(H,31,32,35)/b10-8-,12-11-,20-9-,21-17-. The minimum atomic E-state index is -0.697. The van der Waals surface area contributed by atoms with Gasteiger partial charge in [-0.05, 0) is 77.2 Å². The molecule has 0 bridgehead atoms. The molecule has 2 aromatic rings. The van der Waals surface area contributed by atoms with Gasteiger partial charge in [0.2, 0.25) is 0 Å². The summed E-state index contributed by atoms with van der Waals surface area (Å²) < 4.78 is 1.31. The zero-order valence-electron chi connectivity index (χ0n) is 22.1. The van der Waals surface area contributed by atoms with Crippen molar-refractivity contribution in [1.29, 1.82) is 0 Å². The van der Waals surface area contributed by atoms with Crippen LogP contribution in [0.2, 0.25) is 0 Å². The molecule has 1 aromatic carbocycles. The molecule has 6 heteroatoms. The Bertz CT molecular complexity index is 1360. The third-order valence-corrected chi connectivity index (χ3v) is 6.70. The van der Waals surface area contributed by atoms with Gasteiger partial charge in [0.25, 0.3) is 0 Å². The van der Waals surface area contributed by atoms with Gasteiger partial charge in [0.15, 0.2) is 0 Å². The molecule has 0 fully saturated rings. The Hall–Kier alpha value is -3.80. The first-order chi connectivity index (χ1) is 17.1. The Morgan fingerprint density at radius 2 is 1.94 bits per heavy atom. The molecule has 0 spiro atoms. The molecule has 188 valence electrons. The van der Waals surface area contributed by atoms with E-state index in [0.717, 1.165) is 46.3 Å². The van der Waals surface area contributed by atoms with E-state index >= 15 is 0 Å². The van der Waals surface area contributed by atoms with Gasteiger partial charge in [0.05, 0.1) is 11.1 Å². The maximum atomic E-state index is 13.0. The average Bonchev–Trinajstić information content (AvgIpc) is 3.20. The Kier molecular flexibility index (Phi) is 8.41. The van der Waals surface area contributed by atoms with Gasteiger partial charge in [0.1, 0.15) is 11.9 Å². The number of aromatic amines is 1. The highest BCUT2D eigenvalue weighted by Crippen LogP contribution is 2.39. The molecule has 0 saturated heterocycles. The van der Waals surface area contributed by atoms with Gasteiger partial charge in [-0.15, -0.1) is 5.10 Å². The summed E-state index contributed by atoms with van der Waals surface area (Å²) in [7, 11) is 0. The molecule has 1 aromatic heterocycles. The highest BCUT2D eigenvalue weighted by atomic mass is 16.3. The molecule has 1 aliphatic carbocycles. The number of rotatable bonds is 8. The van der Waals surface area contributed by atoms with E-state index in [1.54, 1.807) is 13.0 Å². The number of H-pyrrole nitrogens is 1. The van der Waals surface area contributed by atoms with Gasteiger partial charge < -0.3 is 0 Å². The topological polar surface area (TPSA) is 80.1 Å². The van der Waals surface area contributed by atoms with Crippen molar-refractivity contribution >= 4 is 5.70 Å². The largest absolute Gasteiger partial charge is 0.348 e. The van der Waals surface area contributed by atoms with Crippen molar-refractivity contribution in [2.24, 2.45) is 5.18 Å². The molecule has 0 radical (unpaired) electrons. The van der Waals surface area contributed by atoms with Crippen LogP contribution in [-0.2, 0) is 11.8 Å². The average molecular weight is 485 g/mol. The molecule has 1 aliphatic rings. The SMILES string of the molecule is C=C(/C=C\C(C)=C/C)n1nc(C2(C)C=C(/C=C(C)\C=C/C)CCc3cc(C(C)N=O)ccc32)[nH]c1=O. The van der Waals surface area contributed by atoms with E-state index in [9.17, 15) is 9.70 Å². The zero-order chi connectivity index (χ0) is 26.5. The van der Waals surface area contributed by atoms with Crippen molar-refractivity contribution in [3.8, 4) is 0 Å². The summed E-state index contributed by atoms with van der Waals surface area (Å²) >= 11 is 0. The predicted molar refractivity (Wildman–Crippen MR) is 149 cm³/mol. The molecule has 6 nitrogen and oxygen atoms in total. The summed E-state index contributed by atoms with van der Waals surface area (Å²) in [5, 5.41) is 7.91. The molecule has 3 rings (SSSR count). The van der Waals surface area contributed by atoms with E-state index in [2.05, 4.69) is 54.9 Å². The maximum absolute atomic E-state index is 13.0. The molecule has 2 atom stereocenters. The molecular formula is C30H36N4O2. The monoisotopic (exact) mass is 484 g/mol. The minimum Gasteiger partial charge on any atom is -0.291 e. The van der Waals surface area contributed by atoms with Crippen molar-refractivity contribution in [3.63, 3.8) is 0 Å². The normalized spacial score (nSPS) is 19.8. The van der Waals surface area contributed by atoms with Crippen molar-refractivity contribution in [3.05, 3.63) is 122 Å². The highest BCUT2D eigenvalue weighted by Gasteiger charge is 2.35. The molecule has 2 unspecified atom stereocenters. The number of allylic oxidation sites excluding steroid dienone is 11. The van der Waals surface area contributed by atoms with E-state index in [1.165, 1.54) is 4.68 Å². The summed E-state index contributed by atoms with van der Waals surface area (Å²) in [4.78, 5) is 27.1. The zero-order valence-corrected chi connectivity index (χ0v) is 22.1. The first-order valence-electron chi connectivity index (χ1n) is 12.3. The molecule has 1 N–H and O–H groups in total. The first-order valence-corrected chi connectivity index (χ1v) is 12.3. The predicted octanol–water partition coefficient (Wildman–Crippen LogP) is 7.09. The van der Waals surface area contributed by atoms with E-state index in [1.807, 2.05) is 51.1 Å². The van der Waals surface area contributed by atoms with E-state index in [-0.39, 0.29) is 5.69 Å². The fourth-order valence-electron chi connectivity index (χ4n) is 4.51. The number of aromatic nitrogens is 3. The number of nitrogens with one attached hydrogen (secondary N) is 1. The van der Waals surface area contributed by atoms with Crippen LogP contribution in [0.1, 0.15) is 76.5 Å². The second kappa shape index (κ2) is 11.3. The van der Waals surface area contributed by atoms with Crippen molar-refractivity contribution in [2.75, 3.05) is 0 Å². The Morgan fingerprint density at radius 3 is 2.61 bits per heavy atom. The highest BCUT2D eigenvalue weighted by molar-refractivity contribution is 5.55. The summed E-state index contributed by atoms with van der Waals surface area (Å²) in [5.41, 5.74) is 5.86. The Morgan fingerprint density at radius 1 is 1.19 bits per heavy atom. The molecule has 36 heavy (non-hydrogen) atoms. The van der Waals surface area contributed by atoms with E-state index in [4.69, 9.17) is 5.10 Å². The number of hydrogen-bond acceptors (Lipinski definition) is 4. The van der Waals surface area contributed by atoms with Crippen molar-refractivity contribution in [2.45, 2.75) is 65.8 Å². The van der Waals surface area contributed by atoms with Gasteiger partial charge in [-0.3, -0.25) is 4.98 Å². The molecule has 0 aliphatic heterocycles. The molecule has 0 amide bonds. The number of benzene rings is 1. The fourth-order valence-corrected chi connectivity index (χ4v) is 4.51. The van der Waals surface area contributed by atoms with E-state index < -0.39 is 11.5 Å². The third-order valence-electron chi connectivity index (χ3n) is 6.70. The van der Waals surface area contributed by atoms with Gasteiger partial charge in [-0.1, -0.05) is 83.1 Å². The summed E-state index contributed by atoms with van der Waals surface area (Å²) in [5.74, 6) is 0.539. The molecular weight excluding hydrogens is 448 g/mol. The third kappa shape index (κ3) is 5.70. The molecule has 1 heterocycles. The van der Waals surface area contributed by atoms with Crippen LogP contribution in [0.25, 0.3) is 5.70 Å². The van der Waals surface area contributed by atoms with Crippen LogP contribution in [0.3, 0.4) is 0 Å². The lowest BCUT2D eigenvalue weighted by Gasteiger charge is -2.26. The van der Waals surface area contributed by atoms with Crippen molar-refractivity contribution in [1.82, 2.24) is 14.8 Å². The van der Waals surface area contributed by atoms with Gasteiger partial charge >= 0.3 is 5.69 Å². The van der Waals surface area contributed by atoms with Crippen molar-refractivity contribution < 1.29 is 0 Å². The lowest BCUT2D eigenvalue weighted by Crippen LogP contribution is -2.25. The van der Waals surface area contributed by atoms with Gasteiger partial charge in [-0.25, -0.2) is 4.79 Å². The van der Waals surface area contributed by atoms with Crippen LogP contribution < -0.4 is 5.69 Å². The molecule has 0 saturated carbocycles. The van der Waals surface area contributed by atoms with Crippen LogP contribution in [0.4, 0.5) is 0 Å². The minimum absolute atomic E-state index is 0.337. The number of nitroso groups, excluding NO2 is 1. The number of hydrogen-bond donors (Lipinski definition) is 1. The van der Waals surface area contributed by atoms with Crippen LogP contribution in [0.5, 0.6) is 0 Å². The van der Waals surface area contributed by atoms with Crippen LogP contribution in [-0.4, -0.2) is 14.8 Å². The first kappa shape index (κ1) is 26.8. The quantitative estimate of drug-likeness (QED) is 0.321. The van der Waals surface area contributed by atoms with E-state index in [0.29, 0.717) is 11.5 Å². The Labute approximate surface area is 213 Å².